The first-order chi connectivity index (χ1) is 14.3. The second-order valence-electron chi connectivity index (χ2n) is 7.29. The lowest BCUT2D eigenvalue weighted by Crippen LogP contribution is -2.43. The summed E-state index contributed by atoms with van der Waals surface area (Å²) in [4.78, 5) is 28.5. The zero-order chi connectivity index (χ0) is 21.7. The van der Waals surface area contributed by atoms with Gasteiger partial charge in [0.25, 0.3) is 5.91 Å². The van der Waals surface area contributed by atoms with Crippen molar-refractivity contribution < 1.29 is 27.5 Å². The topological polar surface area (TPSA) is 49.9 Å². The van der Waals surface area contributed by atoms with Gasteiger partial charge in [-0.3, -0.25) is 9.59 Å². The fraction of sp³-hybridized carbons (Fsp3) is 0.364. The van der Waals surface area contributed by atoms with Crippen LogP contribution in [0, 0.1) is 11.7 Å². The van der Waals surface area contributed by atoms with Gasteiger partial charge >= 0.3 is 6.61 Å². The molecule has 0 unspecified atom stereocenters. The van der Waals surface area contributed by atoms with E-state index in [-0.39, 0.29) is 23.5 Å². The number of hydrogen-bond donors (Lipinski definition) is 0. The molecular weight excluding hydrogens is 397 g/mol. The first-order valence-electron chi connectivity index (χ1n) is 9.67. The number of alkyl halides is 2. The maximum Gasteiger partial charge on any atom is 0.387 e. The van der Waals surface area contributed by atoms with E-state index in [0.717, 1.165) is 5.56 Å². The number of hydrogen-bond acceptors (Lipinski definition) is 3. The van der Waals surface area contributed by atoms with Crippen molar-refractivity contribution in [3.63, 3.8) is 0 Å². The molecular formula is C22H23F3N2O3. The van der Waals surface area contributed by atoms with Crippen molar-refractivity contribution in [3.8, 4) is 5.75 Å². The second kappa shape index (κ2) is 9.65. The third-order valence-electron chi connectivity index (χ3n) is 5.17. The highest BCUT2D eigenvalue weighted by atomic mass is 19.3. The highest BCUT2D eigenvalue weighted by Crippen LogP contribution is 2.22. The van der Waals surface area contributed by atoms with Crippen molar-refractivity contribution in [1.29, 1.82) is 0 Å². The predicted molar refractivity (Wildman–Crippen MR) is 105 cm³/mol. The number of piperidine rings is 1. The highest BCUT2D eigenvalue weighted by Gasteiger charge is 2.29. The standard InChI is InChI=1S/C22H23F3N2O3/c1-26(14-15-2-8-19(9-3-15)30-22(24)25)20(28)17-10-12-27(13-11-17)21(29)16-4-6-18(23)7-5-16/h2-9,17,22H,10-14H2,1H3. The number of amides is 2. The van der Waals surface area contributed by atoms with E-state index in [0.29, 0.717) is 38.0 Å². The van der Waals surface area contributed by atoms with Crippen LogP contribution in [0.2, 0.25) is 0 Å². The minimum Gasteiger partial charge on any atom is -0.435 e. The van der Waals surface area contributed by atoms with E-state index in [1.807, 2.05) is 0 Å². The van der Waals surface area contributed by atoms with Gasteiger partial charge in [0.2, 0.25) is 5.91 Å². The monoisotopic (exact) mass is 420 g/mol. The molecule has 0 atom stereocenters. The van der Waals surface area contributed by atoms with Crippen molar-refractivity contribution in [2.45, 2.75) is 26.0 Å². The molecule has 0 aromatic heterocycles. The summed E-state index contributed by atoms with van der Waals surface area (Å²) in [5, 5.41) is 0. The van der Waals surface area contributed by atoms with Crippen LogP contribution in [0.1, 0.15) is 28.8 Å². The Balaban J connectivity index is 1.50. The van der Waals surface area contributed by atoms with Crippen LogP contribution in [-0.4, -0.2) is 48.4 Å². The fourth-order valence-electron chi connectivity index (χ4n) is 3.54. The maximum absolute atomic E-state index is 13.0. The molecule has 2 aromatic rings. The molecule has 2 aromatic carbocycles. The molecule has 1 saturated heterocycles. The molecule has 0 bridgehead atoms. The van der Waals surface area contributed by atoms with Gasteiger partial charge in [0.15, 0.2) is 0 Å². The summed E-state index contributed by atoms with van der Waals surface area (Å²) in [6, 6.07) is 11.6. The van der Waals surface area contributed by atoms with Gasteiger partial charge in [0.05, 0.1) is 0 Å². The summed E-state index contributed by atoms with van der Waals surface area (Å²) >= 11 is 0. The molecule has 8 heteroatoms. The molecule has 0 saturated carbocycles. The molecule has 0 N–H and O–H groups in total. The SMILES string of the molecule is CN(Cc1ccc(OC(F)F)cc1)C(=O)C1CCN(C(=O)c2ccc(F)cc2)CC1. The van der Waals surface area contributed by atoms with E-state index in [2.05, 4.69) is 4.74 Å². The van der Waals surface area contributed by atoms with Crippen LogP contribution in [0.5, 0.6) is 5.75 Å². The Morgan fingerprint density at radius 2 is 1.67 bits per heavy atom. The molecule has 0 spiro atoms. The number of likely N-dealkylation sites (tertiary alicyclic amines) is 1. The average Bonchev–Trinajstić information content (AvgIpc) is 2.74. The zero-order valence-electron chi connectivity index (χ0n) is 16.6. The number of nitrogens with zero attached hydrogens (tertiary/aromatic N) is 2. The summed E-state index contributed by atoms with van der Waals surface area (Å²) < 4.78 is 41.8. The number of ether oxygens (including phenoxy) is 1. The van der Waals surface area contributed by atoms with Gasteiger partial charge in [-0.05, 0) is 54.8 Å². The maximum atomic E-state index is 13.0. The van der Waals surface area contributed by atoms with Crippen molar-refractivity contribution >= 4 is 11.8 Å². The number of carbonyl (C=O) groups is 2. The molecule has 0 aliphatic carbocycles. The first kappa shape index (κ1) is 21.7. The van der Waals surface area contributed by atoms with Crippen LogP contribution >= 0.6 is 0 Å². The van der Waals surface area contributed by atoms with Gasteiger partial charge in [0, 0.05) is 38.2 Å². The number of halogens is 3. The number of carbonyl (C=O) groups excluding carboxylic acids is 2. The van der Waals surface area contributed by atoms with Gasteiger partial charge in [-0.2, -0.15) is 8.78 Å². The lowest BCUT2D eigenvalue weighted by atomic mass is 9.94. The zero-order valence-corrected chi connectivity index (χ0v) is 16.6. The van der Waals surface area contributed by atoms with Crippen molar-refractivity contribution in [2.75, 3.05) is 20.1 Å². The molecule has 1 fully saturated rings. The fourth-order valence-corrected chi connectivity index (χ4v) is 3.54. The van der Waals surface area contributed by atoms with E-state index >= 15 is 0 Å². The van der Waals surface area contributed by atoms with Crippen LogP contribution in [0.15, 0.2) is 48.5 Å². The summed E-state index contributed by atoms with van der Waals surface area (Å²) in [7, 11) is 1.70. The average molecular weight is 420 g/mol. The predicted octanol–water partition coefficient (Wildman–Crippen LogP) is 3.94. The third-order valence-corrected chi connectivity index (χ3v) is 5.17. The van der Waals surface area contributed by atoms with Crippen LogP contribution in [-0.2, 0) is 11.3 Å². The van der Waals surface area contributed by atoms with E-state index in [1.165, 1.54) is 36.4 Å². The second-order valence-corrected chi connectivity index (χ2v) is 7.29. The lowest BCUT2D eigenvalue weighted by molar-refractivity contribution is -0.136. The smallest absolute Gasteiger partial charge is 0.387 e. The van der Waals surface area contributed by atoms with Gasteiger partial charge in [-0.1, -0.05) is 12.1 Å². The minimum absolute atomic E-state index is 0.0169. The Morgan fingerprint density at radius 1 is 1.07 bits per heavy atom. The first-order valence-corrected chi connectivity index (χ1v) is 9.67. The highest BCUT2D eigenvalue weighted by molar-refractivity contribution is 5.94. The van der Waals surface area contributed by atoms with Gasteiger partial charge in [-0.25, -0.2) is 4.39 Å². The number of benzene rings is 2. The molecule has 30 heavy (non-hydrogen) atoms. The van der Waals surface area contributed by atoms with Crippen LogP contribution in [0.3, 0.4) is 0 Å². The van der Waals surface area contributed by atoms with Crippen molar-refractivity contribution in [1.82, 2.24) is 9.80 Å². The van der Waals surface area contributed by atoms with Crippen LogP contribution in [0.25, 0.3) is 0 Å². The Bertz CT molecular complexity index is 864. The molecule has 160 valence electrons. The largest absolute Gasteiger partial charge is 0.435 e. The summed E-state index contributed by atoms with van der Waals surface area (Å²) in [5.41, 5.74) is 1.23. The summed E-state index contributed by atoms with van der Waals surface area (Å²) in [6.07, 6.45) is 1.11. The van der Waals surface area contributed by atoms with Gasteiger partial charge in [0.1, 0.15) is 11.6 Å². The Labute approximate surface area is 173 Å². The lowest BCUT2D eigenvalue weighted by Gasteiger charge is -2.33. The Hall–Kier alpha value is -3.03. The molecule has 5 nitrogen and oxygen atoms in total. The number of rotatable bonds is 6. The van der Waals surface area contributed by atoms with E-state index in [1.54, 1.807) is 29.0 Å². The molecule has 1 aliphatic heterocycles. The molecule has 2 amide bonds. The van der Waals surface area contributed by atoms with Crippen LogP contribution < -0.4 is 4.74 Å². The molecule has 0 radical (unpaired) electrons. The van der Waals surface area contributed by atoms with E-state index in [4.69, 9.17) is 0 Å². The summed E-state index contributed by atoms with van der Waals surface area (Å²) in [6.45, 7) is -1.61. The Morgan fingerprint density at radius 3 is 2.23 bits per heavy atom. The van der Waals surface area contributed by atoms with Gasteiger partial charge < -0.3 is 14.5 Å². The molecule has 1 aliphatic rings. The molecule has 1 heterocycles. The minimum atomic E-state index is -2.87. The van der Waals surface area contributed by atoms with Crippen LogP contribution in [0.4, 0.5) is 13.2 Å². The quantitative estimate of drug-likeness (QED) is 0.711. The van der Waals surface area contributed by atoms with Crippen molar-refractivity contribution in [3.05, 3.63) is 65.5 Å². The van der Waals surface area contributed by atoms with E-state index in [9.17, 15) is 22.8 Å². The normalized spacial score (nSPS) is 14.6. The summed E-state index contributed by atoms with van der Waals surface area (Å²) in [5.74, 6) is -0.693. The van der Waals surface area contributed by atoms with E-state index < -0.39 is 12.4 Å². The third kappa shape index (κ3) is 5.52. The van der Waals surface area contributed by atoms with Crippen molar-refractivity contribution in [2.24, 2.45) is 5.92 Å². The van der Waals surface area contributed by atoms with Gasteiger partial charge in [-0.15, -0.1) is 0 Å². The Kier molecular flexibility index (Phi) is 6.97. The molecule has 3 rings (SSSR count).